The van der Waals surface area contributed by atoms with E-state index in [-0.39, 0.29) is 0 Å². The van der Waals surface area contributed by atoms with E-state index in [4.69, 9.17) is 16.0 Å². The van der Waals surface area contributed by atoms with Crippen LogP contribution in [0.2, 0.25) is 5.02 Å². The number of hydrogen-bond donors (Lipinski definition) is 0. The minimum Gasteiger partial charge on any atom is -0.455 e. The highest BCUT2D eigenvalue weighted by atomic mass is 35.5. The third-order valence-electron chi connectivity index (χ3n) is 2.68. The second-order valence-electron chi connectivity index (χ2n) is 3.67. The highest BCUT2D eigenvalue weighted by molar-refractivity contribution is 6.42. The Labute approximate surface area is 93.0 Å². The zero-order chi connectivity index (χ0) is 10.4. The van der Waals surface area contributed by atoms with Gasteiger partial charge in [0.1, 0.15) is 13.4 Å². The average Bonchev–Trinajstić information content (AvgIpc) is 2.59. The van der Waals surface area contributed by atoms with Crippen molar-refractivity contribution in [1.82, 2.24) is 0 Å². The highest BCUT2D eigenvalue weighted by Crippen LogP contribution is 2.31. The van der Waals surface area contributed by atoms with Crippen LogP contribution in [0.15, 0.2) is 40.8 Å². The molecule has 0 saturated heterocycles. The molecule has 0 aliphatic rings. The lowest BCUT2D eigenvalue weighted by Gasteiger charge is -1.94. The molecule has 15 heavy (non-hydrogen) atoms. The summed E-state index contributed by atoms with van der Waals surface area (Å²) in [6, 6.07) is 11.9. The predicted octanol–water partition coefficient (Wildman–Crippen LogP) is 2.50. The van der Waals surface area contributed by atoms with Gasteiger partial charge in [0.15, 0.2) is 5.58 Å². The maximum Gasteiger partial charge on any atom is 0.153 e. The van der Waals surface area contributed by atoms with Crippen LogP contribution in [-0.2, 0) is 0 Å². The lowest BCUT2D eigenvalue weighted by Crippen LogP contribution is -2.00. The Morgan fingerprint density at radius 1 is 1.07 bits per heavy atom. The molecule has 0 amide bonds. The van der Waals surface area contributed by atoms with Gasteiger partial charge in [-0.25, -0.2) is 0 Å². The van der Waals surface area contributed by atoms with Crippen molar-refractivity contribution in [1.29, 1.82) is 0 Å². The molecule has 0 unspecified atom stereocenters. The van der Waals surface area contributed by atoms with Crippen LogP contribution in [0.4, 0.5) is 0 Å². The van der Waals surface area contributed by atoms with Gasteiger partial charge in [-0.2, -0.15) is 0 Å². The van der Waals surface area contributed by atoms with E-state index in [1.807, 2.05) is 30.3 Å². The maximum absolute atomic E-state index is 6.09. The summed E-state index contributed by atoms with van der Waals surface area (Å²) >= 11 is 6.09. The fraction of sp³-hybridized carbons (Fsp3) is 0. The van der Waals surface area contributed by atoms with Gasteiger partial charge in [0, 0.05) is 10.8 Å². The van der Waals surface area contributed by atoms with Crippen LogP contribution in [0.1, 0.15) is 0 Å². The van der Waals surface area contributed by atoms with Gasteiger partial charge in [-0.15, -0.1) is 0 Å². The lowest BCUT2D eigenvalue weighted by molar-refractivity contribution is 0.669. The van der Waals surface area contributed by atoms with Crippen LogP contribution in [0.5, 0.6) is 0 Å². The normalized spacial score (nSPS) is 11.3. The van der Waals surface area contributed by atoms with E-state index in [1.54, 1.807) is 0 Å². The molecule has 1 heterocycles. The summed E-state index contributed by atoms with van der Waals surface area (Å²) in [6.07, 6.45) is 0. The van der Waals surface area contributed by atoms with Gasteiger partial charge in [-0.3, -0.25) is 0 Å². The molecule has 0 radical (unpaired) electrons. The molecule has 3 heteroatoms. The van der Waals surface area contributed by atoms with Crippen LogP contribution < -0.4 is 5.46 Å². The molecule has 0 spiro atoms. The summed E-state index contributed by atoms with van der Waals surface area (Å²) in [5, 5.41) is 2.92. The number of fused-ring (bicyclic) bond motifs is 3. The molecule has 0 atom stereocenters. The van der Waals surface area contributed by atoms with Gasteiger partial charge in [-0.05, 0) is 12.1 Å². The van der Waals surface area contributed by atoms with Crippen molar-refractivity contribution in [3.8, 4) is 0 Å². The second-order valence-corrected chi connectivity index (χ2v) is 4.07. The van der Waals surface area contributed by atoms with E-state index in [1.165, 1.54) is 5.46 Å². The van der Waals surface area contributed by atoms with E-state index in [0.717, 1.165) is 21.9 Å². The first-order chi connectivity index (χ1) is 7.27. The van der Waals surface area contributed by atoms with Crippen LogP contribution >= 0.6 is 11.6 Å². The van der Waals surface area contributed by atoms with Crippen LogP contribution in [0.3, 0.4) is 0 Å². The smallest absolute Gasteiger partial charge is 0.153 e. The Morgan fingerprint density at radius 3 is 2.73 bits per heavy atom. The zero-order valence-electron chi connectivity index (χ0n) is 8.25. The molecule has 0 bridgehead atoms. The Bertz CT molecular complexity index is 657. The van der Waals surface area contributed by atoms with Crippen LogP contribution in [0, 0.1) is 0 Å². The molecule has 1 nitrogen and oxygen atoms in total. The summed E-state index contributed by atoms with van der Waals surface area (Å²) < 4.78 is 5.73. The number of halogens is 1. The van der Waals surface area contributed by atoms with E-state index in [9.17, 15) is 0 Å². The summed E-state index contributed by atoms with van der Waals surface area (Å²) in [6.45, 7) is 0. The van der Waals surface area contributed by atoms with E-state index < -0.39 is 0 Å². The maximum atomic E-state index is 6.09. The summed E-state index contributed by atoms with van der Waals surface area (Å²) in [4.78, 5) is 0. The van der Waals surface area contributed by atoms with Crippen molar-refractivity contribution < 1.29 is 4.42 Å². The molecule has 1 aromatic heterocycles. The number of para-hydroxylation sites is 1. The minimum absolute atomic E-state index is 0.670. The van der Waals surface area contributed by atoms with E-state index >= 15 is 0 Å². The molecule has 0 saturated carbocycles. The molecule has 0 aliphatic carbocycles. The zero-order valence-corrected chi connectivity index (χ0v) is 9.01. The Hall–Kier alpha value is -1.41. The molecular weight excluding hydrogens is 206 g/mol. The third kappa shape index (κ3) is 1.18. The molecule has 2 aromatic carbocycles. The van der Waals surface area contributed by atoms with Gasteiger partial charge in [0.2, 0.25) is 0 Å². The fourth-order valence-electron chi connectivity index (χ4n) is 1.99. The number of rotatable bonds is 0. The van der Waals surface area contributed by atoms with E-state index in [2.05, 4.69) is 13.9 Å². The first-order valence-corrected chi connectivity index (χ1v) is 5.21. The monoisotopic (exact) mass is 214 g/mol. The summed E-state index contributed by atoms with van der Waals surface area (Å²) in [5.41, 5.74) is 2.90. The summed E-state index contributed by atoms with van der Waals surface area (Å²) in [7, 11) is 2.08. The Balaban J connectivity index is 2.65. The molecule has 0 N–H and O–H groups in total. The summed E-state index contributed by atoms with van der Waals surface area (Å²) in [5.74, 6) is 0. The SMILES string of the molecule is Bc1cccc2oc3c(Cl)cccc3c12. The second kappa shape index (κ2) is 3.04. The Kier molecular flexibility index (Phi) is 1.80. The standard InChI is InChI=1S/C12H8BClO/c13-8-4-2-6-10-11(8)7-3-1-5-9(14)12(7)15-10/h1-6H,13H2. The van der Waals surface area contributed by atoms with Crippen molar-refractivity contribution >= 4 is 46.8 Å². The minimum atomic E-state index is 0.670. The quantitative estimate of drug-likeness (QED) is 0.524. The van der Waals surface area contributed by atoms with Gasteiger partial charge >= 0.3 is 0 Å². The Morgan fingerprint density at radius 2 is 1.87 bits per heavy atom. The first kappa shape index (κ1) is 8.87. The van der Waals surface area contributed by atoms with Crippen LogP contribution in [0.25, 0.3) is 21.9 Å². The first-order valence-electron chi connectivity index (χ1n) is 4.84. The molecule has 3 aromatic rings. The van der Waals surface area contributed by atoms with Crippen molar-refractivity contribution in [2.45, 2.75) is 0 Å². The fourth-order valence-corrected chi connectivity index (χ4v) is 2.20. The number of benzene rings is 2. The topological polar surface area (TPSA) is 13.1 Å². The van der Waals surface area contributed by atoms with Crippen molar-refractivity contribution in [2.75, 3.05) is 0 Å². The van der Waals surface area contributed by atoms with Crippen LogP contribution in [-0.4, -0.2) is 7.85 Å². The molecule has 0 aliphatic heterocycles. The molecule has 0 fully saturated rings. The molecular formula is C12H8BClO. The molecule has 3 rings (SSSR count). The van der Waals surface area contributed by atoms with Gasteiger partial charge < -0.3 is 4.42 Å². The van der Waals surface area contributed by atoms with E-state index in [0.29, 0.717) is 5.02 Å². The van der Waals surface area contributed by atoms with Gasteiger partial charge in [0.05, 0.1) is 5.02 Å². The van der Waals surface area contributed by atoms with Crippen molar-refractivity contribution in [3.05, 3.63) is 41.4 Å². The average molecular weight is 214 g/mol. The largest absolute Gasteiger partial charge is 0.455 e. The van der Waals surface area contributed by atoms with Gasteiger partial charge in [0.25, 0.3) is 0 Å². The third-order valence-corrected chi connectivity index (χ3v) is 2.98. The predicted molar refractivity (Wildman–Crippen MR) is 66.9 cm³/mol. The lowest BCUT2D eigenvalue weighted by atomic mass is 9.91. The van der Waals surface area contributed by atoms with Crippen molar-refractivity contribution in [2.24, 2.45) is 0 Å². The highest BCUT2D eigenvalue weighted by Gasteiger charge is 2.10. The molecule has 72 valence electrons. The van der Waals surface area contributed by atoms with Gasteiger partial charge in [-0.1, -0.05) is 41.3 Å². The number of hydrogen-bond acceptors (Lipinski definition) is 1. The number of furan rings is 1. The van der Waals surface area contributed by atoms with Crippen molar-refractivity contribution in [3.63, 3.8) is 0 Å².